The molecule has 104 valence electrons. The van der Waals surface area contributed by atoms with Crippen molar-refractivity contribution in [2.24, 2.45) is 0 Å². The molecule has 0 radical (unpaired) electrons. The molecule has 0 amide bonds. The van der Waals surface area contributed by atoms with Crippen molar-refractivity contribution < 1.29 is 9.90 Å². The lowest BCUT2D eigenvalue weighted by molar-refractivity contribution is 0.0697. The Labute approximate surface area is 118 Å². The number of rotatable bonds is 4. The largest absolute Gasteiger partial charge is 0.478 e. The maximum absolute atomic E-state index is 11.0. The van der Waals surface area contributed by atoms with Crippen LogP contribution < -0.4 is 4.90 Å². The quantitative estimate of drug-likeness (QED) is 0.922. The number of benzene rings is 1. The van der Waals surface area contributed by atoms with Crippen LogP contribution in [0.25, 0.3) is 0 Å². The maximum atomic E-state index is 11.0. The predicted molar refractivity (Wildman–Crippen MR) is 77.3 cm³/mol. The minimum atomic E-state index is -0.984. The van der Waals surface area contributed by atoms with Crippen LogP contribution in [0.1, 0.15) is 23.2 Å². The molecule has 19 heavy (non-hydrogen) atoms. The van der Waals surface area contributed by atoms with E-state index in [9.17, 15) is 4.79 Å². The molecule has 0 spiro atoms. The molecule has 0 aliphatic carbocycles. The minimum absolute atomic E-state index is 0.161. The van der Waals surface area contributed by atoms with Crippen LogP contribution >= 0.6 is 11.6 Å². The van der Waals surface area contributed by atoms with Gasteiger partial charge in [-0.1, -0.05) is 11.6 Å². The summed E-state index contributed by atoms with van der Waals surface area (Å²) in [5.41, 5.74) is 1.17. The summed E-state index contributed by atoms with van der Waals surface area (Å²) in [5, 5.41) is 9.29. The van der Waals surface area contributed by atoms with E-state index in [0.717, 1.165) is 31.6 Å². The topological polar surface area (TPSA) is 43.8 Å². The van der Waals surface area contributed by atoms with Gasteiger partial charge in [-0.05, 0) is 45.1 Å². The maximum Gasteiger partial charge on any atom is 0.337 e. The molecule has 5 heteroatoms. The Morgan fingerprint density at radius 1 is 1.53 bits per heavy atom. The second-order valence-corrected chi connectivity index (χ2v) is 5.63. The predicted octanol–water partition coefficient (Wildman–Crippen LogP) is 2.57. The van der Waals surface area contributed by atoms with Gasteiger partial charge in [-0.25, -0.2) is 4.79 Å². The van der Waals surface area contributed by atoms with Crippen molar-refractivity contribution in [1.29, 1.82) is 0 Å². The van der Waals surface area contributed by atoms with Crippen molar-refractivity contribution >= 4 is 23.3 Å². The van der Waals surface area contributed by atoms with Gasteiger partial charge < -0.3 is 14.9 Å². The highest BCUT2D eigenvalue weighted by molar-refractivity contribution is 6.33. The first-order valence-corrected chi connectivity index (χ1v) is 6.81. The summed E-state index contributed by atoms with van der Waals surface area (Å²) >= 11 is 6.04. The van der Waals surface area contributed by atoms with Crippen molar-refractivity contribution in [2.75, 3.05) is 32.1 Å². The number of carboxylic acid groups (broad SMARTS) is 1. The average Bonchev–Trinajstić information content (AvgIpc) is 2.75. The summed E-state index contributed by atoms with van der Waals surface area (Å²) in [6.45, 7) is 2.00. The average molecular weight is 283 g/mol. The van der Waals surface area contributed by atoms with E-state index in [4.69, 9.17) is 16.7 Å². The number of likely N-dealkylation sites (N-methyl/N-ethyl adjacent to an activating group) is 1. The van der Waals surface area contributed by atoms with Crippen LogP contribution in [-0.2, 0) is 0 Å². The molecular weight excluding hydrogens is 264 g/mol. The molecule has 1 N–H and O–H groups in total. The third-order valence-electron chi connectivity index (χ3n) is 3.47. The van der Waals surface area contributed by atoms with Crippen LogP contribution in [-0.4, -0.2) is 49.2 Å². The van der Waals surface area contributed by atoms with E-state index in [2.05, 4.69) is 23.9 Å². The van der Waals surface area contributed by atoms with Gasteiger partial charge in [0.05, 0.1) is 10.6 Å². The molecule has 1 aliphatic rings. The van der Waals surface area contributed by atoms with Crippen LogP contribution in [0, 0.1) is 0 Å². The first-order valence-electron chi connectivity index (χ1n) is 6.43. The van der Waals surface area contributed by atoms with E-state index in [-0.39, 0.29) is 5.56 Å². The highest BCUT2D eigenvalue weighted by atomic mass is 35.5. The van der Waals surface area contributed by atoms with Crippen molar-refractivity contribution in [3.63, 3.8) is 0 Å². The lowest BCUT2D eigenvalue weighted by atomic mass is 10.1. The summed E-state index contributed by atoms with van der Waals surface area (Å²) in [4.78, 5) is 15.5. The molecule has 1 unspecified atom stereocenters. The molecule has 0 aromatic heterocycles. The third-order valence-corrected chi connectivity index (χ3v) is 3.78. The molecule has 0 bridgehead atoms. The van der Waals surface area contributed by atoms with Gasteiger partial charge in [0.1, 0.15) is 0 Å². The van der Waals surface area contributed by atoms with Crippen molar-refractivity contribution in [1.82, 2.24) is 4.90 Å². The van der Waals surface area contributed by atoms with Crippen LogP contribution in [0.15, 0.2) is 18.2 Å². The molecule has 2 rings (SSSR count). The fraction of sp³-hybridized carbons (Fsp3) is 0.500. The van der Waals surface area contributed by atoms with E-state index < -0.39 is 5.97 Å². The zero-order chi connectivity index (χ0) is 14.0. The molecule has 1 heterocycles. The number of aromatic carboxylic acids is 1. The Kier molecular flexibility index (Phi) is 4.32. The van der Waals surface area contributed by atoms with E-state index >= 15 is 0 Å². The molecular formula is C14H19ClN2O2. The lowest BCUT2D eigenvalue weighted by Gasteiger charge is -2.29. The Morgan fingerprint density at radius 2 is 2.26 bits per heavy atom. The van der Waals surface area contributed by atoms with E-state index in [1.165, 1.54) is 0 Å². The van der Waals surface area contributed by atoms with Crippen molar-refractivity contribution in [3.8, 4) is 0 Å². The third kappa shape index (κ3) is 3.19. The molecule has 1 aromatic rings. The van der Waals surface area contributed by atoms with Gasteiger partial charge in [0.2, 0.25) is 0 Å². The molecule has 4 nitrogen and oxygen atoms in total. The Bertz CT molecular complexity index is 477. The second-order valence-electron chi connectivity index (χ2n) is 5.22. The standard InChI is InChI=1S/C14H19ClN2O2/c1-16(2)9-11-4-3-7-17(11)10-5-6-12(14(18)19)13(15)8-10/h5-6,8,11H,3-4,7,9H2,1-2H3,(H,18,19). The van der Waals surface area contributed by atoms with E-state index in [0.29, 0.717) is 11.1 Å². The van der Waals surface area contributed by atoms with E-state index in [1.807, 2.05) is 6.07 Å². The van der Waals surface area contributed by atoms with Gasteiger partial charge in [-0.3, -0.25) is 0 Å². The Hall–Kier alpha value is -1.26. The number of nitrogens with zero attached hydrogens (tertiary/aromatic N) is 2. The van der Waals surface area contributed by atoms with Gasteiger partial charge >= 0.3 is 5.97 Å². The highest BCUT2D eigenvalue weighted by Crippen LogP contribution is 2.29. The molecule has 1 aromatic carbocycles. The van der Waals surface area contributed by atoms with E-state index in [1.54, 1.807) is 12.1 Å². The van der Waals surface area contributed by atoms with Gasteiger partial charge in [0, 0.05) is 24.8 Å². The molecule has 1 aliphatic heterocycles. The van der Waals surface area contributed by atoms with Crippen LogP contribution in [0.3, 0.4) is 0 Å². The van der Waals surface area contributed by atoms with Gasteiger partial charge in [-0.15, -0.1) is 0 Å². The van der Waals surface area contributed by atoms with Crippen molar-refractivity contribution in [3.05, 3.63) is 28.8 Å². The first kappa shape index (κ1) is 14.2. The smallest absolute Gasteiger partial charge is 0.337 e. The van der Waals surface area contributed by atoms with Gasteiger partial charge in [-0.2, -0.15) is 0 Å². The van der Waals surface area contributed by atoms with Gasteiger partial charge in [0.25, 0.3) is 0 Å². The number of hydrogen-bond donors (Lipinski definition) is 1. The van der Waals surface area contributed by atoms with Crippen LogP contribution in [0.2, 0.25) is 5.02 Å². The van der Waals surface area contributed by atoms with Crippen LogP contribution in [0.4, 0.5) is 5.69 Å². The highest BCUT2D eigenvalue weighted by Gasteiger charge is 2.25. The fourth-order valence-electron chi connectivity index (χ4n) is 2.64. The monoisotopic (exact) mass is 282 g/mol. The Balaban J connectivity index is 2.21. The Morgan fingerprint density at radius 3 is 2.84 bits per heavy atom. The summed E-state index contributed by atoms with van der Waals surface area (Å²) < 4.78 is 0. The number of carboxylic acids is 1. The summed E-state index contributed by atoms with van der Waals surface area (Å²) in [5.74, 6) is -0.984. The molecule has 1 fully saturated rings. The zero-order valence-corrected chi connectivity index (χ0v) is 12.0. The van der Waals surface area contributed by atoms with Gasteiger partial charge in [0.15, 0.2) is 0 Å². The first-order chi connectivity index (χ1) is 8.99. The van der Waals surface area contributed by atoms with Crippen LogP contribution in [0.5, 0.6) is 0 Å². The molecule has 0 saturated carbocycles. The minimum Gasteiger partial charge on any atom is -0.478 e. The SMILES string of the molecule is CN(C)CC1CCCN1c1ccc(C(=O)O)c(Cl)c1. The summed E-state index contributed by atoms with van der Waals surface area (Å²) in [6, 6.07) is 5.68. The number of hydrogen-bond acceptors (Lipinski definition) is 3. The molecule has 1 saturated heterocycles. The summed E-state index contributed by atoms with van der Waals surface area (Å²) in [6.07, 6.45) is 2.33. The zero-order valence-electron chi connectivity index (χ0n) is 11.3. The normalized spacial score (nSPS) is 19.2. The van der Waals surface area contributed by atoms with Crippen molar-refractivity contribution in [2.45, 2.75) is 18.9 Å². The number of halogens is 1. The number of anilines is 1. The second kappa shape index (κ2) is 5.80. The lowest BCUT2D eigenvalue weighted by Crippen LogP contribution is -2.37. The number of carbonyl (C=O) groups is 1. The summed E-state index contributed by atoms with van der Waals surface area (Å²) in [7, 11) is 4.13. The fourth-order valence-corrected chi connectivity index (χ4v) is 2.90. The molecule has 1 atom stereocenters.